The molecule has 1 aliphatic carbocycles. The molecule has 2 aliphatic heterocycles. The summed E-state index contributed by atoms with van der Waals surface area (Å²) >= 11 is 0. The van der Waals surface area contributed by atoms with Crippen molar-refractivity contribution in [3.63, 3.8) is 0 Å². The summed E-state index contributed by atoms with van der Waals surface area (Å²) in [5.41, 5.74) is 4.44. The van der Waals surface area contributed by atoms with Gasteiger partial charge in [0.05, 0.1) is 19.1 Å². The molecule has 2 N–H and O–H groups in total. The lowest BCUT2D eigenvalue weighted by atomic mass is 10.1. The largest absolute Gasteiger partial charge is 0.383 e. The maximum Gasteiger partial charge on any atom is 0.282 e. The molecular formula is C31H41F3N4. The van der Waals surface area contributed by atoms with Crippen LogP contribution in [0.2, 0.25) is 0 Å². The Morgan fingerprint density at radius 1 is 1.03 bits per heavy atom. The third kappa shape index (κ3) is 8.98. The smallest absolute Gasteiger partial charge is 0.282 e. The molecule has 206 valence electrons. The van der Waals surface area contributed by atoms with Gasteiger partial charge in [-0.15, -0.1) is 0 Å². The summed E-state index contributed by atoms with van der Waals surface area (Å²) in [5, 5.41) is 6.64. The topological polar surface area (TPSA) is 30.5 Å². The number of alkyl halides is 2. The van der Waals surface area contributed by atoms with Gasteiger partial charge in [-0.1, -0.05) is 68.3 Å². The average molecular weight is 527 g/mol. The molecule has 0 aromatic heterocycles. The first-order valence-corrected chi connectivity index (χ1v) is 13.3. The normalized spacial score (nSPS) is 19.2. The summed E-state index contributed by atoms with van der Waals surface area (Å²) < 4.78 is 36.7. The van der Waals surface area contributed by atoms with E-state index in [4.69, 9.17) is 0 Å². The van der Waals surface area contributed by atoms with Crippen LogP contribution in [-0.2, 0) is 6.54 Å². The molecule has 0 bridgehead atoms. The minimum atomic E-state index is -2.45. The Labute approximate surface area is 225 Å². The molecule has 3 fully saturated rings. The van der Waals surface area contributed by atoms with Crippen LogP contribution in [0.25, 0.3) is 0 Å². The quantitative estimate of drug-likeness (QED) is 0.403. The number of halogens is 3. The van der Waals surface area contributed by atoms with Crippen molar-refractivity contribution in [2.45, 2.75) is 50.1 Å². The van der Waals surface area contributed by atoms with Gasteiger partial charge in [-0.2, -0.15) is 0 Å². The highest BCUT2D eigenvalue weighted by Crippen LogP contribution is 2.40. The average Bonchev–Trinajstić information content (AvgIpc) is 3.62. The van der Waals surface area contributed by atoms with Crippen LogP contribution < -0.4 is 10.6 Å². The fourth-order valence-electron chi connectivity index (χ4n) is 4.62. The number of likely N-dealkylation sites (tertiary alicyclic amines) is 2. The third-order valence-corrected chi connectivity index (χ3v) is 6.85. The monoisotopic (exact) mass is 526 g/mol. The Bertz CT molecular complexity index is 1040. The van der Waals surface area contributed by atoms with Crippen molar-refractivity contribution in [1.82, 2.24) is 20.4 Å². The molecule has 2 heterocycles. The molecule has 2 saturated heterocycles. The standard InChI is InChI=1S/C17H25N3.C9H9F.C5H7F2N/c1-14(12-18-3)20-11-7-10-17(20)15(2)19-13-16-8-5-4-6-9-16;10-9-4-2-1-3-8(9)7-5-6-7;1-2-8-3-5(6,7)4-8/h4-6,8-9,17-19H,1-2,7,10-13H2,3H3;1-4,7H,5-6H2;2H,1,3-4H2. The van der Waals surface area contributed by atoms with E-state index in [1.165, 1.54) is 42.0 Å². The van der Waals surface area contributed by atoms with Gasteiger partial charge < -0.3 is 20.4 Å². The Morgan fingerprint density at radius 2 is 1.68 bits per heavy atom. The first kappa shape index (κ1) is 29.4. The molecule has 0 spiro atoms. The van der Waals surface area contributed by atoms with Crippen molar-refractivity contribution in [2.24, 2.45) is 0 Å². The molecule has 0 radical (unpaired) electrons. The molecule has 3 aliphatic rings. The van der Waals surface area contributed by atoms with Gasteiger partial charge in [0.15, 0.2) is 0 Å². The molecule has 1 unspecified atom stereocenters. The summed E-state index contributed by atoms with van der Waals surface area (Å²) in [5.74, 6) is -1.96. The van der Waals surface area contributed by atoms with E-state index in [9.17, 15) is 13.2 Å². The molecule has 1 saturated carbocycles. The summed E-state index contributed by atoms with van der Waals surface area (Å²) in [6, 6.07) is 17.9. The second kappa shape index (κ2) is 14.1. The van der Waals surface area contributed by atoms with Gasteiger partial charge >= 0.3 is 0 Å². The van der Waals surface area contributed by atoms with Gasteiger partial charge in [0, 0.05) is 31.0 Å². The lowest BCUT2D eigenvalue weighted by Gasteiger charge is -2.37. The molecule has 38 heavy (non-hydrogen) atoms. The maximum atomic E-state index is 12.9. The van der Waals surface area contributed by atoms with E-state index in [-0.39, 0.29) is 18.9 Å². The molecule has 1 atom stereocenters. The van der Waals surface area contributed by atoms with Gasteiger partial charge in [-0.3, -0.25) is 0 Å². The van der Waals surface area contributed by atoms with E-state index in [0.29, 0.717) is 12.0 Å². The maximum absolute atomic E-state index is 12.9. The van der Waals surface area contributed by atoms with E-state index in [1.54, 1.807) is 6.07 Å². The second-order valence-electron chi connectivity index (χ2n) is 10.1. The van der Waals surface area contributed by atoms with Gasteiger partial charge in [0.2, 0.25) is 0 Å². The summed E-state index contributed by atoms with van der Waals surface area (Å²) in [7, 11) is 1.96. The molecule has 7 heteroatoms. The highest BCUT2D eigenvalue weighted by Gasteiger charge is 2.41. The van der Waals surface area contributed by atoms with E-state index in [0.717, 1.165) is 43.0 Å². The lowest BCUT2D eigenvalue weighted by molar-refractivity contribution is -0.110. The molecule has 0 amide bonds. The highest BCUT2D eigenvalue weighted by atomic mass is 19.3. The molecular weight excluding hydrogens is 485 g/mol. The summed E-state index contributed by atoms with van der Waals surface area (Å²) in [4.78, 5) is 3.84. The Kier molecular flexibility index (Phi) is 10.9. The van der Waals surface area contributed by atoms with Crippen LogP contribution in [0.15, 0.2) is 91.9 Å². The lowest BCUT2D eigenvalue weighted by Crippen LogP contribution is -2.53. The number of rotatable bonds is 9. The predicted octanol–water partition coefficient (Wildman–Crippen LogP) is 6.27. The zero-order valence-corrected chi connectivity index (χ0v) is 22.4. The Hall–Kier alpha value is -3.19. The van der Waals surface area contributed by atoms with Crippen LogP contribution in [0.1, 0.15) is 42.7 Å². The zero-order valence-electron chi connectivity index (χ0n) is 22.4. The minimum Gasteiger partial charge on any atom is -0.383 e. The first-order chi connectivity index (χ1) is 18.2. The first-order valence-electron chi connectivity index (χ1n) is 13.3. The van der Waals surface area contributed by atoms with Crippen molar-refractivity contribution in [1.29, 1.82) is 0 Å². The van der Waals surface area contributed by atoms with Crippen molar-refractivity contribution in [2.75, 3.05) is 33.2 Å². The minimum absolute atomic E-state index is 0.0370. The van der Waals surface area contributed by atoms with Gasteiger partial charge in [-0.05, 0) is 62.0 Å². The molecule has 2 aromatic carbocycles. The SMILES string of the molecule is C=C(NCc1ccccc1)C1CCCN1C(=C)CNC.C=CN1CC(F)(F)C1.Fc1ccccc1C1CC1. The van der Waals surface area contributed by atoms with Crippen molar-refractivity contribution in [3.8, 4) is 0 Å². The van der Waals surface area contributed by atoms with Crippen molar-refractivity contribution < 1.29 is 13.2 Å². The van der Waals surface area contributed by atoms with Crippen LogP contribution in [0.4, 0.5) is 13.2 Å². The number of benzene rings is 2. The number of likely N-dealkylation sites (N-methyl/N-ethyl adjacent to an activating group) is 1. The molecule has 2 aromatic rings. The van der Waals surface area contributed by atoms with Crippen LogP contribution in [0.3, 0.4) is 0 Å². The van der Waals surface area contributed by atoms with Gasteiger partial charge in [0.1, 0.15) is 5.82 Å². The van der Waals surface area contributed by atoms with Gasteiger partial charge in [-0.25, -0.2) is 13.2 Å². The molecule has 5 rings (SSSR count). The fraction of sp³-hybridized carbons (Fsp3) is 0.419. The number of nitrogens with zero attached hydrogens (tertiary/aromatic N) is 2. The van der Waals surface area contributed by atoms with E-state index >= 15 is 0 Å². The summed E-state index contributed by atoms with van der Waals surface area (Å²) in [6.07, 6.45) is 6.13. The van der Waals surface area contributed by atoms with E-state index in [2.05, 4.69) is 59.5 Å². The molecule has 4 nitrogen and oxygen atoms in total. The van der Waals surface area contributed by atoms with Gasteiger partial charge in [0.25, 0.3) is 5.92 Å². The summed E-state index contributed by atoms with van der Waals surface area (Å²) in [6.45, 7) is 14.2. The third-order valence-electron chi connectivity index (χ3n) is 6.85. The van der Waals surface area contributed by atoms with Crippen molar-refractivity contribution in [3.05, 3.63) is 109 Å². The van der Waals surface area contributed by atoms with Crippen LogP contribution in [0.5, 0.6) is 0 Å². The van der Waals surface area contributed by atoms with Crippen LogP contribution >= 0.6 is 0 Å². The fourth-order valence-corrected chi connectivity index (χ4v) is 4.62. The Morgan fingerprint density at radius 3 is 2.24 bits per heavy atom. The number of nitrogens with one attached hydrogen (secondary N) is 2. The van der Waals surface area contributed by atoms with E-state index in [1.807, 2.05) is 25.2 Å². The second-order valence-corrected chi connectivity index (χ2v) is 10.1. The zero-order chi connectivity index (χ0) is 27.5. The van der Waals surface area contributed by atoms with E-state index < -0.39 is 5.92 Å². The number of hydrogen-bond acceptors (Lipinski definition) is 4. The Balaban J connectivity index is 0.000000183. The van der Waals surface area contributed by atoms with Crippen LogP contribution in [-0.4, -0.2) is 55.0 Å². The number of hydrogen-bond donors (Lipinski definition) is 2. The highest BCUT2D eigenvalue weighted by molar-refractivity contribution is 5.25. The predicted molar refractivity (Wildman–Crippen MR) is 150 cm³/mol. The van der Waals surface area contributed by atoms with Crippen LogP contribution in [0, 0.1) is 5.82 Å². The van der Waals surface area contributed by atoms with Crippen molar-refractivity contribution >= 4 is 0 Å².